The molecule has 7 heteroatoms. The third-order valence-electron chi connectivity index (χ3n) is 3.54. The van der Waals surface area contributed by atoms with Crippen LogP contribution in [0.5, 0.6) is 0 Å². The van der Waals surface area contributed by atoms with Gasteiger partial charge in [0, 0.05) is 10.6 Å². The van der Waals surface area contributed by atoms with Gasteiger partial charge in [0.1, 0.15) is 11.7 Å². The van der Waals surface area contributed by atoms with E-state index in [4.69, 9.17) is 28.9 Å². The molecule has 0 fully saturated rings. The minimum absolute atomic E-state index is 0.0362. The molecule has 0 spiro atoms. The number of nitrogens with zero attached hydrogens (tertiary/aromatic N) is 1. The Hall–Kier alpha value is -2.11. The molecule has 2 amide bonds. The Balaban J connectivity index is 2.30. The lowest BCUT2D eigenvalue weighted by atomic mass is 10.0. The molecule has 0 aliphatic carbocycles. The van der Waals surface area contributed by atoms with Gasteiger partial charge in [-0.2, -0.15) is 0 Å². The van der Waals surface area contributed by atoms with Crippen LogP contribution in [0.15, 0.2) is 36.4 Å². The van der Waals surface area contributed by atoms with Gasteiger partial charge in [-0.1, -0.05) is 49.2 Å². The highest BCUT2D eigenvalue weighted by atomic mass is 35.5. The molecular weight excluding hydrogens is 361 g/mol. The number of carbonyl (C=O) groups excluding carboxylic acids is 2. The maximum atomic E-state index is 12.5. The lowest BCUT2D eigenvalue weighted by Gasteiger charge is -2.17. The number of pyridine rings is 1. The maximum Gasteiger partial charge on any atom is 0.272 e. The predicted octanol–water partition coefficient (Wildman–Crippen LogP) is 3.69. The maximum absolute atomic E-state index is 12.5. The first-order valence-corrected chi connectivity index (χ1v) is 8.56. The monoisotopic (exact) mass is 379 g/mol. The van der Waals surface area contributed by atoms with Crippen molar-refractivity contribution in [3.63, 3.8) is 0 Å². The number of rotatable bonds is 6. The smallest absolute Gasteiger partial charge is 0.272 e. The molecule has 3 N–H and O–H groups in total. The highest BCUT2D eigenvalue weighted by molar-refractivity contribution is 6.33. The molecule has 25 heavy (non-hydrogen) atoms. The number of aromatic nitrogens is 1. The normalized spacial score (nSPS) is 12.0. The van der Waals surface area contributed by atoms with E-state index >= 15 is 0 Å². The van der Waals surface area contributed by atoms with Crippen molar-refractivity contribution in [2.45, 2.75) is 26.3 Å². The number of benzene rings is 1. The van der Waals surface area contributed by atoms with Crippen LogP contribution in [0.4, 0.5) is 0 Å². The zero-order chi connectivity index (χ0) is 18.6. The van der Waals surface area contributed by atoms with E-state index in [1.165, 1.54) is 0 Å². The molecule has 5 nitrogen and oxygen atoms in total. The zero-order valence-corrected chi connectivity index (χ0v) is 15.4. The van der Waals surface area contributed by atoms with Crippen LogP contribution in [-0.4, -0.2) is 22.8 Å². The Labute approximate surface area is 156 Å². The van der Waals surface area contributed by atoms with Crippen molar-refractivity contribution >= 4 is 35.0 Å². The predicted molar refractivity (Wildman–Crippen MR) is 99.6 cm³/mol. The average molecular weight is 380 g/mol. The first-order chi connectivity index (χ1) is 11.8. The molecule has 2 aromatic rings. The number of nitrogens with two attached hydrogens (primary N) is 1. The van der Waals surface area contributed by atoms with Gasteiger partial charge in [-0.25, -0.2) is 4.98 Å². The number of primary amides is 1. The quantitative estimate of drug-likeness (QED) is 0.802. The van der Waals surface area contributed by atoms with Crippen LogP contribution in [0.25, 0.3) is 11.3 Å². The third kappa shape index (κ3) is 5.18. The van der Waals surface area contributed by atoms with E-state index in [1.807, 2.05) is 19.9 Å². The van der Waals surface area contributed by atoms with Crippen LogP contribution >= 0.6 is 23.2 Å². The van der Waals surface area contributed by atoms with Crippen molar-refractivity contribution in [1.29, 1.82) is 0 Å². The Kier molecular flexibility index (Phi) is 6.39. The summed E-state index contributed by atoms with van der Waals surface area (Å²) < 4.78 is 0. The molecule has 0 saturated heterocycles. The minimum Gasteiger partial charge on any atom is -0.368 e. The summed E-state index contributed by atoms with van der Waals surface area (Å²) in [5.41, 5.74) is 6.71. The molecule has 0 aliphatic rings. The van der Waals surface area contributed by atoms with Crippen LogP contribution in [0, 0.1) is 5.92 Å². The van der Waals surface area contributed by atoms with Gasteiger partial charge < -0.3 is 11.1 Å². The number of halogens is 2. The fraction of sp³-hybridized carbons (Fsp3) is 0.278. The summed E-state index contributed by atoms with van der Waals surface area (Å²) in [6.07, 6.45) is 0.437. The molecule has 0 radical (unpaired) electrons. The topological polar surface area (TPSA) is 85.1 Å². The Morgan fingerprint density at radius 1 is 1.20 bits per heavy atom. The van der Waals surface area contributed by atoms with Crippen LogP contribution in [-0.2, 0) is 4.79 Å². The Morgan fingerprint density at radius 2 is 1.92 bits per heavy atom. The summed E-state index contributed by atoms with van der Waals surface area (Å²) in [6.45, 7) is 3.88. The van der Waals surface area contributed by atoms with Gasteiger partial charge in [0.05, 0.1) is 10.7 Å². The summed E-state index contributed by atoms with van der Waals surface area (Å²) >= 11 is 12.1. The molecular formula is C18H19Cl2N3O2. The summed E-state index contributed by atoms with van der Waals surface area (Å²) in [6, 6.07) is 9.61. The van der Waals surface area contributed by atoms with Gasteiger partial charge in [-0.15, -0.1) is 0 Å². The van der Waals surface area contributed by atoms with Gasteiger partial charge in [0.25, 0.3) is 5.91 Å². The van der Waals surface area contributed by atoms with Gasteiger partial charge in [0.15, 0.2) is 0 Å². The van der Waals surface area contributed by atoms with Crippen LogP contribution in [0.2, 0.25) is 10.0 Å². The molecule has 0 saturated carbocycles. The number of amides is 2. The van der Waals surface area contributed by atoms with E-state index in [0.717, 1.165) is 5.56 Å². The van der Waals surface area contributed by atoms with E-state index in [-0.39, 0.29) is 16.6 Å². The number of carbonyl (C=O) groups is 2. The summed E-state index contributed by atoms with van der Waals surface area (Å²) in [4.78, 5) is 28.4. The second kappa shape index (κ2) is 8.32. The summed E-state index contributed by atoms with van der Waals surface area (Å²) in [7, 11) is 0. The first-order valence-electron chi connectivity index (χ1n) is 7.80. The van der Waals surface area contributed by atoms with Crippen LogP contribution in [0.3, 0.4) is 0 Å². The largest absolute Gasteiger partial charge is 0.368 e. The van der Waals surface area contributed by atoms with Gasteiger partial charge in [0.2, 0.25) is 5.91 Å². The number of hydrogen-bond donors (Lipinski definition) is 2. The molecule has 1 heterocycles. The van der Waals surface area contributed by atoms with Crippen molar-refractivity contribution in [3.05, 3.63) is 52.1 Å². The van der Waals surface area contributed by atoms with E-state index in [9.17, 15) is 9.59 Å². The third-order valence-corrected chi connectivity index (χ3v) is 4.08. The Morgan fingerprint density at radius 3 is 2.52 bits per heavy atom. The molecule has 0 bridgehead atoms. The van der Waals surface area contributed by atoms with Crippen molar-refractivity contribution in [3.8, 4) is 11.3 Å². The minimum atomic E-state index is -0.778. The zero-order valence-electron chi connectivity index (χ0n) is 13.9. The van der Waals surface area contributed by atoms with Gasteiger partial charge >= 0.3 is 0 Å². The van der Waals surface area contributed by atoms with E-state index in [0.29, 0.717) is 17.1 Å². The van der Waals surface area contributed by atoms with E-state index < -0.39 is 17.9 Å². The van der Waals surface area contributed by atoms with Crippen molar-refractivity contribution in [1.82, 2.24) is 10.3 Å². The molecule has 132 valence electrons. The fourth-order valence-corrected chi connectivity index (χ4v) is 2.74. The SMILES string of the molecule is CC(C)C[C@H](NC(=O)c1nc(-c2cccc(Cl)c2)ccc1Cl)C(N)=O. The number of nitrogens with one attached hydrogen (secondary N) is 1. The van der Waals surface area contributed by atoms with Crippen molar-refractivity contribution in [2.24, 2.45) is 11.7 Å². The van der Waals surface area contributed by atoms with E-state index in [2.05, 4.69) is 10.3 Å². The highest BCUT2D eigenvalue weighted by Crippen LogP contribution is 2.24. The van der Waals surface area contributed by atoms with Crippen molar-refractivity contribution < 1.29 is 9.59 Å². The summed E-state index contributed by atoms with van der Waals surface area (Å²) in [5, 5.41) is 3.36. The molecule has 2 rings (SSSR count). The second-order valence-corrected chi connectivity index (χ2v) is 6.94. The molecule has 0 unspecified atom stereocenters. The summed E-state index contributed by atoms with van der Waals surface area (Å²) in [5.74, 6) is -0.943. The van der Waals surface area contributed by atoms with Gasteiger partial charge in [-0.3, -0.25) is 9.59 Å². The van der Waals surface area contributed by atoms with Gasteiger partial charge in [-0.05, 0) is 36.6 Å². The van der Waals surface area contributed by atoms with Crippen LogP contribution in [0.1, 0.15) is 30.8 Å². The Bertz CT molecular complexity index is 794. The molecule has 1 aromatic carbocycles. The highest BCUT2D eigenvalue weighted by Gasteiger charge is 2.22. The molecule has 1 atom stereocenters. The first kappa shape index (κ1) is 19.2. The second-order valence-electron chi connectivity index (χ2n) is 6.10. The fourth-order valence-electron chi connectivity index (χ4n) is 2.35. The molecule has 0 aliphatic heterocycles. The average Bonchev–Trinajstić information content (AvgIpc) is 2.54. The standard InChI is InChI=1S/C18H19Cl2N3O2/c1-10(2)8-15(17(21)24)23-18(25)16-13(20)6-7-14(22-16)11-4-3-5-12(19)9-11/h3-7,9-10,15H,8H2,1-2H3,(H2,21,24)(H,23,25)/t15-/m0/s1. The van der Waals surface area contributed by atoms with Crippen LogP contribution < -0.4 is 11.1 Å². The van der Waals surface area contributed by atoms with E-state index in [1.54, 1.807) is 30.3 Å². The lowest BCUT2D eigenvalue weighted by Crippen LogP contribution is -2.45. The molecule has 1 aromatic heterocycles. The lowest BCUT2D eigenvalue weighted by molar-refractivity contribution is -0.120. The van der Waals surface area contributed by atoms with Crippen molar-refractivity contribution in [2.75, 3.05) is 0 Å². The number of hydrogen-bond acceptors (Lipinski definition) is 3.